The van der Waals surface area contributed by atoms with Crippen LogP contribution in [0.3, 0.4) is 0 Å². The molecule has 0 spiro atoms. The lowest BCUT2D eigenvalue weighted by atomic mass is 9.51. The Morgan fingerprint density at radius 1 is 0.938 bits per heavy atom. The monoisotopic (exact) mass is 657 g/mol. The molecule has 0 heterocycles. The Bertz CT molecular complexity index is 1550. The van der Waals surface area contributed by atoms with Gasteiger partial charge in [0.25, 0.3) is 0 Å². The van der Waals surface area contributed by atoms with Gasteiger partial charge in [-0.3, -0.25) is 4.79 Å². The van der Waals surface area contributed by atoms with Gasteiger partial charge >= 0.3 is 0 Å². The van der Waals surface area contributed by atoms with E-state index in [2.05, 4.69) is 19.1 Å². The number of aliphatic hydroxyl groups excluding tert-OH is 1. The molecule has 2 N–H and O–H groups in total. The second-order valence-electron chi connectivity index (χ2n) is 14.7. The molecule has 3 aromatic carbocycles. The van der Waals surface area contributed by atoms with Crippen molar-refractivity contribution in [1.82, 2.24) is 4.90 Å². The lowest BCUT2D eigenvalue weighted by Gasteiger charge is -2.54. The Labute approximate surface area is 285 Å². The Hall–Kier alpha value is -3.58. The van der Waals surface area contributed by atoms with E-state index in [0.29, 0.717) is 49.3 Å². The number of methoxy groups -OCH3 is 2. The third-order valence-electron chi connectivity index (χ3n) is 11.9. The van der Waals surface area contributed by atoms with Crippen molar-refractivity contribution in [2.45, 2.75) is 95.9 Å². The van der Waals surface area contributed by atoms with Gasteiger partial charge in [0.15, 0.2) is 11.5 Å². The van der Waals surface area contributed by atoms with Crippen LogP contribution >= 0.6 is 0 Å². The minimum Gasteiger partial charge on any atom is -0.508 e. The van der Waals surface area contributed by atoms with Gasteiger partial charge in [0.1, 0.15) is 11.9 Å². The Kier molecular flexibility index (Phi) is 10.6. The van der Waals surface area contributed by atoms with E-state index < -0.39 is 12.3 Å². The van der Waals surface area contributed by atoms with Crippen molar-refractivity contribution in [3.05, 3.63) is 89.0 Å². The fraction of sp³-hybridized carbons (Fsp3) is 0.537. The highest BCUT2D eigenvalue weighted by atomic mass is 19.1. The van der Waals surface area contributed by atoms with Crippen LogP contribution in [0, 0.1) is 23.2 Å². The summed E-state index contributed by atoms with van der Waals surface area (Å²) in [6, 6.07) is 21.3. The number of nitrogens with zero attached hydrogens (tertiary/aromatic N) is 1. The molecule has 0 aliphatic heterocycles. The van der Waals surface area contributed by atoms with Crippen LogP contribution in [0.2, 0.25) is 0 Å². The zero-order valence-electron chi connectivity index (χ0n) is 28.7. The average molecular weight is 658 g/mol. The van der Waals surface area contributed by atoms with Gasteiger partial charge in [-0.05, 0) is 108 Å². The molecule has 0 unspecified atom stereocenters. The van der Waals surface area contributed by atoms with Crippen LogP contribution in [0.1, 0.15) is 86.5 Å². The number of aliphatic hydroxyl groups is 1. The molecule has 48 heavy (non-hydrogen) atoms. The SMILES string of the molecule is COc1ccc(CC(=O)N(CCCCCC[C@@H]2Cc3cc(O)ccc3[C@@H]3[C@@H]2[C@@H]2CC[C@H](O)[C@@]2(C)C[C@@H]3F)Cc2ccccc2)cc1OC. The third-order valence-corrected chi connectivity index (χ3v) is 11.9. The first-order chi connectivity index (χ1) is 23.2. The molecular weight excluding hydrogens is 605 g/mol. The molecule has 1 amide bonds. The first-order valence-electron chi connectivity index (χ1n) is 17.9. The topological polar surface area (TPSA) is 79.2 Å². The van der Waals surface area contributed by atoms with Gasteiger partial charge in [0.2, 0.25) is 5.91 Å². The summed E-state index contributed by atoms with van der Waals surface area (Å²) in [6.45, 7) is 3.37. The summed E-state index contributed by atoms with van der Waals surface area (Å²) in [5, 5.41) is 21.2. The van der Waals surface area contributed by atoms with E-state index in [0.717, 1.165) is 73.6 Å². The predicted molar refractivity (Wildman–Crippen MR) is 186 cm³/mol. The third kappa shape index (κ3) is 7.08. The second-order valence-corrected chi connectivity index (χ2v) is 14.7. The molecule has 7 heteroatoms. The number of hydrogen-bond acceptors (Lipinski definition) is 5. The van der Waals surface area contributed by atoms with E-state index >= 15 is 4.39 Å². The van der Waals surface area contributed by atoms with Crippen molar-refractivity contribution in [2.75, 3.05) is 20.8 Å². The highest BCUT2D eigenvalue weighted by Crippen LogP contribution is 2.63. The Morgan fingerprint density at radius 3 is 2.48 bits per heavy atom. The number of rotatable bonds is 13. The first kappa shape index (κ1) is 34.3. The highest BCUT2D eigenvalue weighted by molar-refractivity contribution is 5.79. The fourth-order valence-electron chi connectivity index (χ4n) is 9.47. The van der Waals surface area contributed by atoms with Crippen LogP contribution in [0.25, 0.3) is 0 Å². The largest absolute Gasteiger partial charge is 0.508 e. The van der Waals surface area contributed by atoms with Crippen LogP contribution < -0.4 is 9.47 Å². The normalized spacial score (nSPS) is 27.4. The quantitative estimate of drug-likeness (QED) is 0.182. The minimum absolute atomic E-state index is 0.0844. The first-order valence-corrected chi connectivity index (χ1v) is 17.9. The number of aromatic hydroxyl groups is 1. The fourth-order valence-corrected chi connectivity index (χ4v) is 9.47. The second kappa shape index (κ2) is 14.9. The number of amides is 1. The number of alkyl halides is 1. The number of benzene rings is 3. The summed E-state index contributed by atoms with van der Waals surface area (Å²) in [7, 11) is 3.21. The molecule has 6 nitrogen and oxygen atoms in total. The maximum Gasteiger partial charge on any atom is 0.227 e. The number of phenolic OH excluding ortho intramolecular Hbond substituents is 1. The van der Waals surface area contributed by atoms with Crippen molar-refractivity contribution < 1.29 is 28.9 Å². The molecule has 3 aliphatic carbocycles. The molecule has 0 radical (unpaired) electrons. The van der Waals surface area contributed by atoms with E-state index in [9.17, 15) is 15.0 Å². The van der Waals surface area contributed by atoms with Crippen molar-refractivity contribution in [3.8, 4) is 17.2 Å². The van der Waals surface area contributed by atoms with E-state index in [4.69, 9.17) is 9.47 Å². The Morgan fingerprint density at radius 2 is 1.71 bits per heavy atom. The van der Waals surface area contributed by atoms with Gasteiger partial charge in [0, 0.05) is 19.0 Å². The molecule has 0 saturated heterocycles. The molecule has 0 bridgehead atoms. The molecule has 2 fully saturated rings. The summed E-state index contributed by atoms with van der Waals surface area (Å²) < 4.78 is 26.9. The number of unbranched alkanes of at least 4 members (excludes halogenated alkanes) is 3. The number of hydrogen-bond donors (Lipinski definition) is 2. The number of phenols is 1. The van der Waals surface area contributed by atoms with Gasteiger partial charge in [-0.1, -0.05) is 68.7 Å². The number of halogens is 1. The number of carbonyl (C=O) groups excluding carboxylic acids is 1. The highest BCUT2D eigenvalue weighted by Gasteiger charge is 2.59. The van der Waals surface area contributed by atoms with E-state index in [1.54, 1.807) is 20.3 Å². The molecule has 2 saturated carbocycles. The van der Waals surface area contributed by atoms with E-state index in [1.807, 2.05) is 53.4 Å². The van der Waals surface area contributed by atoms with Gasteiger partial charge in [-0.2, -0.15) is 0 Å². The molecule has 7 atom stereocenters. The summed E-state index contributed by atoms with van der Waals surface area (Å²) in [6.07, 6.45) is 6.90. The minimum atomic E-state index is -0.984. The predicted octanol–water partition coefficient (Wildman–Crippen LogP) is 8.02. The van der Waals surface area contributed by atoms with Crippen LogP contribution in [0.5, 0.6) is 17.2 Å². The van der Waals surface area contributed by atoms with Crippen molar-refractivity contribution in [2.24, 2.45) is 23.2 Å². The molecule has 3 aliphatic rings. The smallest absolute Gasteiger partial charge is 0.227 e. The van der Waals surface area contributed by atoms with Gasteiger partial charge in [0.05, 0.1) is 26.7 Å². The van der Waals surface area contributed by atoms with Crippen LogP contribution in [0.4, 0.5) is 4.39 Å². The molecule has 3 aromatic rings. The van der Waals surface area contributed by atoms with Gasteiger partial charge in [-0.25, -0.2) is 4.39 Å². The van der Waals surface area contributed by atoms with Crippen molar-refractivity contribution >= 4 is 5.91 Å². The van der Waals surface area contributed by atoms with E-state index in [-0.39, 0.29) is 28.9 Å². The summed E-state index contributed by atoms with van der Waals surface area (Å²) in [4.78, 5) is 15.6. The molecule has 258 valence electrons. The molecule has 6 rings (SSSR count). The van der Waals surface area contributed by atoms with Crippen LogP contribution in [-0.2, 0) is 24.2 Å². The van der Waals surface area contributed by atoms with Gasteiger partial charge in [-0.15, -0.1) is 0 Å². The Balaban J connectivity index is 1.08. The van der Waals surface area contributed by atoms with Crippen molar-refractivity contribution in [3.63, 3.8) is 0 Å². The summed E-state index contributed by atoms with van der Waals surface area (Å²) in [5.41, 5.74) is 3.80. The maximum absolute atomic E-state index is 16.1. The zero-order valence-corrected chi connectivity index (χ0v) is 28.7. The summed E-state index contributed by atoms with van der Waals surface area (Å²) in [5.74, 6) is 2.29. The zero-order chi connectivity index (χ0) is 33.8. The number of fused-ring (bicyclic) bond motifs is 5. The molecule has 0 aromatic heterocycles. The van der Waals surface area contributed by atoms with Crippen LogP contribution in [-0.4, -0.2) is 54.1 Å². The van der Waals surface area contributed by atoms with Crippen molar-refractivity contribution in [1.29, 1.82) is 0 Å². The molecular formula is C41H52FNO5. The summed E-state index contributed by atoms with van der Waals surface area (Å²) >= 11 is 0. The lowest BCUT2D eigenvalue weighted by molar-refractivity contribution is -0.131. The van der Waals surface area contributed by atoms with E-state index in [1.165, 1.54) is 0 Å². The van der Waals surface area contributed by atoms with Crippen LogP contribution in [0.15, 0.2) is 66.7 Å². The van der Waals surface area contributed by atoms with Gasteiger partial charge < -0.3 is 24.6 Å². The number of carbonyl (C=O) groups is 1. The lowest BCUT2D eigenvalue weighted by Crippen LogP contribution is -2.51. The average Bonchev–Trinajstić information content (AvgIpc) is 3.38. The number of ether oxygens (including phenoxy) is 2. The maximum atomic E-state index is 16.1. The standard InChI is InChI=1S/C41H52FNO5/c1-41-25-34(42)40-32-16-15-31(44)24-30(32)23-29(39(40)33(41)17-19-37(41)45)13-9-4-5-10-20-43(26-27-11-7-6-8-12-27)38(46)22-28-14-18-35(47-2)36(21-28)48-3/h6-8,11-12,14-16,18,21,24,29,33-34,37,39-40,44-45H,4-5,9-10,13,17,19-20,22-23,25-26H2,1-3H3/t29-,33+,34+,37+,39+,40+,41+/m1/s1.